The molecule has 104 valence electrons. The van der Waals surface area contributed by atoms with E-state index in [4.69, 9.17) is 5.11 Å². The molecule has 0 aliphatic heterocycles. The first kappa shape index (κ1) is 14.9. The Kier molecular flexibility index (Phi) is 5.78. The van der Waals surface area contributed by atoms with Crippen LogP contribution < -0.4 is 10.6 Å². The van der Waals surface area contributed by atoms with Crippen LogP contribution in [0.25, 0.3) is 0 Å². The molecule has 19 heavy (non-hydrogen) atoms. The number of rotatable bonds is 6. The van der Waals surface area contributed by atoms with Crippen molar-refractivity contribution in [1.82, 2.24) is 10.6 Å². The van der Waals surface area contributed by atoms with E-state index in [9.17, 15) is 14.0 Å². The topological polar surface area (TPSA) is 78.4 Å². The van der Waals surface area contributed by atoms with Crippen LogP contribution >= 0.6 is 0 Å². The molecule has 5 nitrogen and oxygen atoms in total. The number of carboxylic acids is 1. The molecule has 0 spiro atoms. The first-order valence-corrected chi connectivity index (χ1v) is 5.98. The average Bonchev–Trinajstić information content (AvgIpc) is 2.38. The summed E-state index contributed by atoms with van der Waals surface area (Å²) in [5.41, 5.74) is 0.917. The molecule has 0 aliphatic rings. The minimum atomic E-state index is -0.952. The number of carboxylic acid groups (broad SMARTS) is 1. The summed E-state index contributed by atoms with van der Waals surface area (Å²) in [4.78, 5) is 21.9. The molecule has 1 atom stereocenters. The summed E-state index contributed by atoms with van der Waals surface area (Å²) in [6, 6.07) is 5.63. The van der Waals surface area contributed by atoms with Gasteiger partial charge >= 0.3 is 12.0 Å². The van der Waals surface area contributed by atoms with E-state index in [-0.39, 0.29) is 12.4 Å². The molecule has 6 heteroatoms. The van der Waals surface area contributed by atoms with Gasteiger partial charge in [0.2, 0.25) is 0 Å². The van der Waals surface area contributed by atoms with Gasteiger partial charge in [-0.05, 0) is 24.1 Å². The van der Waals surface area contributed by atoms with Crippen molar-refractivity contribution in [2.75, 3.05) is 13.1 Å². The van der Waals surface area contributed by atoms with Crippen LogP contribution in [0.15, 0.2) is 24.3 Å². The Morgan fingerprint density at radius 1 is 1.26 bits per heavy atom. The summed E-state index contributed by atoms with van der Waals surface area (Å²) in [6.45, 7) is 2.00. The fraction of sp³-hybridized carbons (Fsp3) is 0.385. The molecule has 0 aliphatic carbocycles. The molecule has 0 heterocycles. The smallest absolute Gasteiger partial charge is 0.314 e. The van der Waals surface area contributed by atoms with Crippen LogP contribution in [0.5, 0.6) is 0 Å². The van der Waals surface area contributed by atoms with Gasteiger partial charge in [0.1, 0.15) is 5.82 Å². The van der Waals surface area contributed by atoms with Crippen LogP contribution in [0.4, 0.5) is 9.18 Å². The number of amides is 2. The highest BCUT2D eigenvalue weighted by atomic mass is 19.1. The standard InChI is InChI=1S/C13H17FN2O3/c1-9(12(17)18)8-16-13(19)15-7-6-10-2-4-11(14)5-3-10/h2-5,9H,6-8H2,1H3,(H,17,18)(H2,15,16,19). The van der Waals surface area contributed by atoms with Crippen LogP contribution in [0.2, 0.25) is 0 Å². The molecule has 0 fully saturated rings. The highest BCUT2D eigenvalue weighted by Crippen LogP contribution is 2.02. The summed E-state index contributed by atoms with van der Waals surface area (Å²) in [7, 11) is 0. The van der Waals surface area contributed by atoms with Gasteiger partial charge in [0.05, 0.1) is 5.92 Å². The largest absolute Gasteiger partial charge is 0.481 e. The molecular formula is C13H17FN2O3. The van der Waals surface area contributed by atoms with E-state index >= 15 is 0 Å². The first-order valence-electron chi connectivity index (χ1n) is 5.98. The Bertz CT molecular complexity index is 434. The van der Waals surface area contributed by atoms with Crippen LogP contribution in [-0.4, -0.2) is 30.2 Å². The maximum absolute atomic E-state index is 12.7. The highest BCUT2D eigenvalue weighted by Gasteiger charge is 2.11. The number of hydrogen-bond acceptors (Lipinski definition) is 2. The zero-order valence-corrected chi connectivity index (χ0v) is 10.6. The minimum Gasteiger partial charge on any atom is -0.481 e. The zero-order chi connectivity index (χ0) is 14.3. The molecule has 1 rings (SSSR count). The lowest BCUT2D eigenvalue weighted by Crippen LogP contribution is -2.40. The van der Waals surface area contributed by atoms with E-state index in [1.165, 1.54) is 19.1 Å². The first-order chi connectivity index (χ1) is 8.99. The lowest BCUT2D eigenvalue weighted by molar-refractivity contribution is -0.140. The molecule has 1 aromatic carbocycles. The molecule has 0 saturated carbocycles. The fourth-order valence-corrected chi connectivity index (χ4v) is 1.37. The van der Waals surface area contributed by atoms with E-state index in [1.54, 1.807) is 12.1 Å². The Morgan fingerprint density at radius 2 is 1.89 bits per heavy atom. The van der Waals surface area contributed by atoms with Gasteiger partial charge in [0, 0.05) is 13.1 Å². The Balaban J connectivity index is 2.20. The molecule has 0 radical (unpaired) electrons. The van der Waals surface area contributed by atoms with Gasteiger partial charge < -0.3 is 15.7 Å². The van der Waals surface area contributed by atoms with E-state index in [0.29, 0.717) is 13.0 Å². The Morgan fingerprint density at radius 3 is 2.47 bits per heavy atom. The summed E-state index contributed by atoms with van der Waals surface area (Å²) in [5, 5.41) is 13.7. The van der Waals surface area contributed by atoms with Gasteiger partial charge in [-0.25, -0.2) is 9.18 Å². The van der Waals surface area contributed by atoms with Crippen molar-refractivity contribution in [3.05, 3.63) is 35.6 Å². The minimum absolute atomic E-state index is 0.0811. The quantitative estimate of drug-likeness (QED) is 0.729. The van der Waals surface area contributed by atoms with Crippen molar-refractivity contribution >= 4 is 12.0 Å². The molecule has 0 aromatic heterocycles. The predicted octanol–water partition coefficient (Wildman–Crippen LogP) is 1.39. The summed E-state index contributed by atoms with van der Waals surface area (Å²) in [6.07, 6.45) is 0.586. The maximum atomic E-state index is 12.7. The molecule has 3 N–H and O–H groups in total. The summed E-state index contributed by atoms with van der Waals surface area (Å²) in [5.74, 6) is -1.87. The van der Waals surface area contributed by atoms with Gasteiger partial charge in [0.25, 0.3) is 0 Å². The second-order valence-electron chi connectivity index (χ2n) is 4.25. The van der Waals surface area contributed by atoms with Gasteiger partial charge in [-0.1, -0.05) is 19.1 Å². The SMILES string of the molecule is CC(CNC(=O)NCCc1ccc(F)cc1)C(=O)O. The number of benzene rings is 1. The number of carbonyl (C=O) groups is 2. The van der Waals surface area contributed by atoms with Gasteiger partial charge in [0.15, 0.2) is 0 Å². The van der Waals surface area contributed by atoms with E-state index in [1.807, 2.05) is 0 Å². The van der Waals surface area contributed by atoms with Gasteiger partial charge in [-0.3, -0.25) is 4.79 Å². The van der Waals surface area contributed by atoms with Crippen LogP contribution in [0, 0.1) is 11.7 Å². The van der Waals surface area contributed by atoms with Crippen molar-refractivity contribution in [2.45, 2.75) is 13.3 Å². The van der Waals surface area contributed by atoms with Crippen LogP contribution in [-0.2, 0) is 11.2 Å². The maximum Gasteiger partial charge on any atom is 0.314 e. The summed E-state index contributed by atoms with van der Waals surface area (Å²) >= 11 is 0. The monoisotopic (exact) mass is 268 g/mol. The van der Waals surface area contributed by atoms with Gasteiger partial charge in [-0.2, -0.15) is 0 Å². The Hall–Kier alpha value is -2.11. The normalized spacial score (nSPS) is 11.7. The van der Waals surface area contributed by atoms with Crippen molar-refractivity contribution in [2.24, 2.45) is 5.92 Å². The number of urea groups is 1. The van der Waals surface area contributed by atoms with Gasteiger partial charge in [-0.15, -0.1) is 0 Å². The number of aliphatic carboxylic acids is 1. The second kappa shape index (κ2) is 7.35. The van der Waals surface area contributed by atoms with Crippen molar-refractivity contribution < 1.29 is 19.1 Å². The molecule has 1 aromatic rings. The predicted molar refractivity (Wildman–Crippen MR) is 68.3 cm³/mol. The molecule has 0 bridgehead atoms. The van der Waals surface area contributed by atoms with E-state index in [2.05, 4.69) is 10.6 Å². The lowest BCUT2D eigenvalue weighted by Gasteiger charge is -2.09. The van der Waals surface area contributed by atoms with Crippen molar-refractivity contribution in [3.63, 3.8) is 0 Å². The second-order valence-corrected chi connectivity index (χ2v) is 4.25. The molecular weight excluding hydrogens is 251 g/mol. The molecule has 1 unspecified atom stereocenters. The summed E-state index contributed by atoms with van der Waals surface area (Å²) < 4.78 is 12.7. The van der Waals surface area contributed by atoms with E-state index < -0.39 is 17.9 Å². The zero-order valence-electron chi connectivity index (χ0n) is 10.6. The number of hydrogen-bond donors (Lipinski definition) is 3. The van der Waals surface area contributed by atoms with Crippen LogP contribution in [0.1, 0.15) is 12.5 Å². The number of nitrogens with one attached hydrogen (secondary N) is 2. The van der Waals surface area contributed by atoms with E-state index in [0.717, 1.165) is 5.56 Å². The van der Waals surface area contributed by atoms with Crippen molar-refractivity contribution in [3.8, 4) is 0 Å². The third kappa shape index (κ3) is 5.85. The lowest BCUT2D eigenvalue weighted by atomic mass is 10.1. The molecule has 0 saturated heterocycles. The molecule has 2 amide bonds. The number of halogens is 1. The van der Waals surface area contributed by atoms with Crippen LogP contribution in [0.3, 0.4) is 0 Å². The van der Waals surface area contributed by atoms with Crippen molar-refractivity contribution in [1.29, 1.82) is 0 Å². The third-order valence-corrected chi connectivity index (χ3v) is 2.60. The Labute approximate surface area is 110 Å². The fourth-order valence-electron chi connectivity index (χ4n) is 1.37. The highest BCUT2D eigenvalue weighted by molar-refractivity contribution is 5.75. The average molecular weight is 268 g/mol. The third-order valence-electron chi connectivity index (χ3n) is 2.60. The number of carbonyl (C=O) groups excluding carboxylic acids is 1.